The number of nitrogens with one attached hydrogen (secondary N) is 1. The number of amides is 1. The van der Waals surface area contributed by atoms with Crippen molar-refractivity contribution in [2.24, 2.45) is 0 Å². The van der Waals surface area contributed by atoms with Crippen molar-refractivity contribution in [2.45, 2.75) is 31.7 Å². The highest BCUT2D eigenvalue weighted by molar-refractivity contribution is 9.10. The third-order valence-corrected chi connectivity index (χ3v) is 4.04. The van der Waals surface area contributed by atoms with Gasteiger partial charge in [0.15, 0.2) is 11.5 Å². The molecule has 1 aliphatic rings. The first-order valence-electron chi connectivity index (χ1n) is 6.99. The van der Waals surface area contributed by atoms with Crippen molar-refractivity contribution in [1.82, 2.24) is 5.32 Å². The van der Waals surface area contributed by atoms with Crippen LogP contribution in [-0.2, 0) is 4.79 Å². The van der Waals surface area contributed by atoms with Gasteiger partial charge >= 0.3 is 5.97 Å². The third-order valence-electron chi connectivity index (χ3n) is 3.45. The highest BCUT2D eigenvalue weighted by Crippen LogP contribution is 2.38. The van der Waals surface area contributed by atoms with Gasteiger partial charge < -0.3 is 19.9 Å². The van der Waals surface area contributed by atoms with Gasteiger partial charge in [0.05, 0.1) is 18.2 Å². The lowest BCUT2D eigenvalue weighted by atomic mass is 10.1. The fraction of sp³-hybridized carbons (Fsp3) is 0.467. The Morgan fingerprint density at radius 2 is 2.09 bits per heavy atom. The molecule has 0 atom stereocenters. The highest BCUT2D eigenvalue weighted by Gasteiger charge is 2.51. The van der Waals surface area contributed by atoms with Gasteiger partial charge in [-0.3, -0.25) is 4.79 Å². The molecule has 0 radical (unpaired) electrons. The summed E-state index contributed by atoms with van der Waals surface area (Å²) in [4.78, 5) is 23.4. The van der Waals surface area contributed by atoms with Crippen molar-refractivity contribution >= 4 is 27.8 Å². The maximum absolute atomic E-state index is 12.3. The second kappa shape index (κ2) is 6.56. The first-order valence-corrected chi connectivity index (χ1v) is 7.79. The van der Waals surface area contributed by atoms with E-state index in [0.29, 0.717) is 41.0 Å². The van der Waals surface area contributed by atoms with Crippen LogP contribution in [-0.4, -0.2) is 36.2 Å². The predicted octanol–water partition coefficient (Wildman–Crippen LogP) is 2.59. The van der Waals surface area contributed by atoms with Gasteiger partial charge in [-0.1, -0.05) is 6.92 Å². The fourth-order valence-corrected chi connectivity index (χ4v) is 2.56. The van der Waals surface area contributed by atoms with Gasteiger partial charge in [-0.2, -0.15) is 0 Å². The second-order valence-corrected chi connectivity index (χ2v) is 6.03. The van der Waals surface area contributed by atoms with Gasteiger partial charge in [-0.15, -0.1) is 0 Å². The Kier molecular flexibility index (Phi) is 4.95. The molecule has 1 aromatic rings. The zero-order chi connectivity index (χ0) is 16.3. The quantitative estimate of drug-likeness (QED) is 0.769. The molecular formula is C15H18BrNO5. The molecule has 2 rings (SSSR count). The molecule has 0 aromatic heterocycles. The minimum absolute atomic E-state index is 0.320. The fourth-order valence-electron chi connectivity index (χ4n) is 2.00. The van der Waals surface area contributed by atoms with Gasteiger partial charge in [-0.05, 0) is 47.3 Å². The molecule has 6 nitrogen and oxygen atoms in total. The van der Waals surface area contributed by atoms with E-state index in [1.54, 1.807) is 12.1 Å². The molecule has 0 unspecified atom stereocenters. The van der Waals surface area contributed by atoms with Crippen molar-refractivity contribution in [3.05, 3.63) is 22.2 Å². The number of carboxylic acid groups (broad SMARTS) is 1. The molecule has 22 heavy (non-hydrogen) atoms. The number of carbonyl (C=O) groups is 2. The molecular weight excluding hydrogens is 354 g/mol. The number of benzene rings is 1. The van der Waals surface area contributed by atoms with Gasteiger partial charge in [0, 0.05) is 5.56 Å². The first-order chi connectivity index (χ1) is 10.4. The van der Waals surface area contributed by atoms with E-state index >= 15 is 0 Å². The van der Waals surface area contributed by atoms with Gasteiger partial charge in [0.1, 0.15) is 5.54 Å². The molecule has 7 heteroatoms. The molecule has 1 aliphatic carbocycles. The number of rotatable bonds is 7. The Hall–Kier alpha value is -1.76. The van der Waals surface area contributed by atoms with Crippen LogP contribution in [0.25, 0.3) is 0 Å². The standard InChI is InChI=1S/C15H18BrNO5/c1-3-6-22-12-10(16)7-9(8-11(12)21-2)13(18)17-15(4-5-15)14(19)20/h7-8H,3-6H2,1-2H3,(H,17,18)(H,19,20). The number of carboxylic acids is 1. The van der Waals surface area contributed by atoms with E-state index in [9.17, 15) is 9.59 Å². The summed E-state index contributed by atoms with van der Waals surface area (Å²) in [7, 11) is 1.49. The lowest BCUT2D eigenvalue weighted by Crippen LogP contribution is -2.43. The topological polar surface area (TPSA) is 84.9 Å². The van der Waals surface area contributed by atoms with Crippen LogP contribution in [0.2, 0.25) is 0 Å². The molecule has 2 N–H and O–H groups in total. The number of carbonyl (C=O) groups excluding carboxylic acids is 1. The largest absolute Gasteiger partial charge is 0.493 e. The number of halogens is 1. The zero-order valence-electron chi connectivity index (χ0n) is 12.4. The van der Waals surface area contributed by atoms with E-state index in [1.165, 1.54) is 7.11 Å². The summed E-state index contributed by atoms with van der Waals surface area (Å²) < 4.78 is 11.4. The Balaban J connectivity index is 2.23. The lowest BCUT2D eigenvalue weighted by molar-refractivity contribution is -0.140. The van der Waals surface area contributed by atoms with E-state index in [4.69, 9.17) is 14.6 Å². The van der Waals surface area contributed by atoms with Crippen molar-refractivity contribution in [3.63, 3.8) is 0 Å². The van der Waals surface area contributed by atoms with E-state index in [2.05, 4.69) is 21.2 Å². The lowest BCUT2D eigenvalue weighted by Gasteiger charge is -2.16. The van der Waals surface area contributed by atoms with Gasteiger partial charge in [0.2, 0.25) is 0 Å². The molecule has 1 aromatic carbocycles. The van der Waals surface area contributed by atoms with E-state index in [-0.39, 0.29) is 0 Å². The number of ether oxygens (including phenoxy) is 2. The number of hydrogen-bond acceptors (Lipinski definition) is 4. The Labute approximate surface area is 136 Å². The maximum Gasteiger partial charge on any atom is 0.329 e. The summed E-state index contributed by atoms with van der Waals surface area (Å²) >= 11 is 3.36. The van der Waals surface area contributed by atoms with Crippen LogP contribution < -0.4 is 14.8 Å². The molecule has 0 heterocycles. The molecule has 0 aliphatic heterocycles. The van der Waals surface area contributed by atoms with E-state index in [0.717, 1.165) is 6.42 Å². The minimum Gasteiger partial charge on any atom is -0.493 e. The molecule has 120 valence electrons. The summed E-state index contributed by atoms with van der Waals surface area (Å²) in [6, 6.07) is 3.14. The molecule has 1 fully saturated rings. The number of aliphatic carboxylic acids is 1. The van der Waals surface area contributed by atoms with Crippen LogP contribution in [0.1, 0.15) is 36.5 Å². The molecule has 0 saturated heterocycles. The normalized spacial score (nSPS) is 15.0. The van der Waals surface area contributed by atoms with Crippen LogP contribution in [0.15, 0.2) is 16.6 Å². The SMILES string of the molecule is CCCOc1c(Br)cc(C(=O)NC2(C(=O)O)CC2)cc1OC. The van der Waals surface area contributed by atoms with Crippen molar-refractivity contribution in [1.29, 1.82) is 0 Å². The van der Waals surface area contributed by atoms with Crippen molar-refractivity contribution in [3.8, 4) is 11.5 Å². The van der Waals surface area contributed by atoms with Crippen LogP contribution in [0.5, 0.6) is 11.5 Å². The van der Waals surface area contributed by atoms with Crippen LogP contribution >= 0.6 is 15.9 Å². The zero-order valence-corrected chi connectivity index (χ0v) is 14.0. The summed E-state index contributed by atoms with van der Waals surface area (Å²) in [5.41, 5.74) is -0.797. The first kappa shape index (κ1) is 16.6. The van der Waals surface area contributed by atoms with E-state index < -0.39 is 17.4 Å². The smallest absolute Gasteiger partial charge is 0.329 e. The van der Waals surface area contributed by atoms with Crippen molar-refractivity contribution < 1.29 is 24.2 Å². The molecule has 0 spiro atoms. The summed E-state index contributed by atoms with van der Waals surface area (Å²) in [5, 5.41) is 11.7. The Morgan fingerprint density at radius 3 is 2.59 bits per heavy atom. The predicted molar refractivity (Wildman–Crippen MR) is 83.5 cm³/mol. The second-order valence-electron chi connectivity index (χ2n) is 5.18. The molecule has 1 saturated carbocycles. The third kappa shape index (κ3) is 3.35. The highest BCUT2D eigenvalue weighted by atomic mass is 79.9. The number of methoxy groups -OCH3 is 1. The minimum atomic E-state index is -1.12. The van der Waals surface area contributed by atoms with Crippen LogP contribution in [0.3, 0.4) is 0 Å². The van der Waals surface area contributed by atoms with Gasteiger partial charge in [0.25, 0.3) is 5.91 Å². The van der Waals surface area contributed by atoms with Gasteiger partial charge in [-0.25, -0.2) is 4.79 Å². The average molecular weight is 372 g/mol. The van der Waals surface area contributed by atoms with E-state index in [1.807, 2.05) is 6.92 Å². The monoisotopic (exact) mass is 371 g/mol. The number of hydrogen-bond donors (Lipinski definition) is 2. The Morgan fingerprint density at radius 1 is 1.41 bits per heavy atom. The summed E-state index contributed by atoms with van der Waals surface area (Å²) in [6.07, 6.45) is 1.74. The molecule has 1 amide bonds. The van der Waals surface area contributed by atoms with Crippen LogP contribution in [0.4, 0.5) is 0 Å². The van der Waals surface area contributed by atoms with Crippen LogP contribution in [0, 0.1) is 0 Å². The summed E-state index contributed by atoms with van der Waals surface area (Å²) in [6.45, 7) is 2.52. The molecule has 0 bridgehead atoms. The average Bonchev–Trinajstić information content (AvgIpc) is 3.26. The van der Waals surface area contributed by atoms with Crippen molar-refractivity contribution in [2.75, 3.05) is 13.7 Å². The Bertz CT molecular complexity index is 598. The maximum atomic E-state index is 12.3. The summed E-state index contributed by atoms with van der Waals surface area (Å²) in [5.74, 6) is -0.496.